The number of methoxy groups -OCH3 is 2. The van der Waals surface area contributed by atoms with Crippen LogP contribution >= 0.6 is 0 Å². The maximum absolute atomic E-state index is 13.4. The maximum atomic E-state index is 13.4. The van der Waals surface area contributed by atoms with Crippen molar-refractivity contribution in [2.24, 2.45) is 0 Å². The number of benzene rings is 3. The first-order valence-electron chi connectivity index (χ1n) is 16.3. The van der Waals surface area contributed by atoms with Crippen molar-refractivity contribution in [2.75, 3.05) is 31.5 Å². The lowest BCUT2D eigenvalue weighted by Gasteiger charge is -2.44. The number of carbonyl (C=O) groups is 6. The Hall–Kier alpha value is -6.22. The van der Waals surface area contributed by atoms with Crippen LogP contribution in [0.15, 0.2) is 72.8 Å². The molecule has 3 aromatic carbocycles. The molecule has 1 aliphatic heterocycles. The fourth-order valence-corrected chi connectivity index (χ4v) is 5.54. The van der Waals surface area contributed by atoms with Crippen LogP contribution in [0.25, 0.3) is 6.08 Å². The second-order valence-electron chi connectivity index (χ2n) is 11.7. The van der Waals surface area contributed by atoms with Gasteiger partial charge in [-0.2, -0.15) is 0 Å². The summed E-state index contributed by atoms with van der Waals surface area (Å²) in [5.74, 6) is -3.59. The standard InChI is InChI=1S/C38H40N2O13/c1-21(41)49-20-32-35(50-22(2)42)37(52-24(4)44)36(51-23(3)43)34(53-32)28-18-31(48-6)29(19-30(28)47-5)40-38(46)26-13-15-27(16-14-26)39-33(45)17-12-25-10-8-7-9-11-25/h7-19,32,34-37H,20H2,1-6H3,(H,39,45)(H,40,46)/b17-12+/t32-,34+,35-,36+,37+/m1/s1. The van der Waals surface area contributed by atoms with Crippen molar-refractivity contribution in [1.29, 1.82) is 0 Å². The highest BCUT2D eigenvalue weighted by atomic mass is 16.7. The van der Waals surface area contributed by atoms with Gasteiger partial charge in [0.2, 0.25) is 5.91 Å². The molecular weight excluding hydrogens is 692 g/mol. The van der Waals surface area contributed by atoms with Gasteiger partial charge in [-0.3, -0.25) is 28.8 Å². The average Bonchev–Trinajstić information content (AvgIpc) is 3.11. The molecule has 1 fully saturated rings. The molecule has 0 radical (unpaired) electrons. The van der Waals surface area contributed by atoms with Gasteiger partial charge in [0.15, 0.2) is 18.3 Å². The molecule has 1 heterocycles. The Balaban J connectivity index is 1.63. The summed E-state index contributed by atoms with van der Waals surface area (Å²) in [4.78, 5) is 74.3. The summed E-state index contributed by atoms with van der Waals surface area (Å²) in [5.41, 5.74) is 2.01. The van der Waals surface area contributed by atoms with Gasteiger partial charge < -0.3 is 43.8 Å². The van der Waals surface area contributed by atoms with Gasteiger partial charge in [0.05, 0.1) is 19.9 Å². The summed E-state index contributed by atoms with van der Waals surface area (Å²) in [7, 11) is 2.71. The second-order valence-corrected chi connectivity index (χ2v) is 11.7. The van der Waals surface area contributed by atoms with E-state index in [1.54, 1.807) is 18.2 Å². The number of rotatable bonds is 13. The molecule has 5 atom stereocenters. The smallest absolute Gasteiger partial charge is 0.303 e. The van der Waals surface area contributed by atoms with E-state index in [0.717, 1.165) is 26.3 Å². The summed E-state index contributed by atoms with van der Waals surface area (Å²) >= 11 is 0. The van der Waals surface area contributed by atoms with Gasteiger partial charge in [0.1, 0.15) is 30.3 Å². The Morgan fingerprint density at radius 2 is 1.30 bits per heavy atom. The number of ether oxygens (including phenoxy) is 7. The van der Waals surface area contributed by atoms with Gasteiger partial charge in [0.25, 0.3) is 5.91 Å². The number of esters is 4. The molecule has 1 aliphatic rings. The zero-order valence-electron chi connectivity index (χ0n) is 29.9. The van der Waals surface area contributed by atoms with E-state index < -0.39 is 66.9 Å². The van der Waals surface area contributed by atoms with Crippen LogP contribution < -0.4 is 20.1 Å². The maximum Gasteiger partial charge on any atom is 0.303 e. The van der Waals surface area contributed by atoms with E-state index in [1.165, 1.54) is 51.5 Å². The van der Waals surface area contributed by atoms with Gasteiger partial charge in [-0.15, -0.1) is 0 Å². The number of amides is 2. The fourth-order valence-electron chi connectivity index (χ4n) is 5.54. The number of anilines is 2. The molecular formula is C38H40N2O13. The van der Waals surface area contributed by atoms with Crippen LogP contribution in [0.1, 0.15) is 55.3 Å². The quantitative estimate of drug-likeness (QED) is 0.143. The molecule has 2 amide bonds. The van der Waals surface area contributed by atoms with Crippen molar-refractivity contribution < 1.29 is 61.9 Å². The SMILES string of the molecule is COc1cc([C@@H]2O[C@H](COC(C)=O)[C@@H](OC(C)=O)[C@H](OC(C)=O)[C@H]2OC(C)=O)c(OC)cc1NC(=O)c1ccc(NC(=O)/C=C/c2ccccc2)cc1. The van der Waals surface area contributed by atoms with Crippen LogP contribution in [0, 0.1) is 0 Å². The van der Waals surface area contributed by atoms with Crippen molar-refractivity contribution in [2.45, 2.75) is 58.2 Å². The van der Waals surface area contributed by atoms with Gasteiger partial charge in [-0.25, -0.2) is 0 Å². The molecule has 0 saturated carbocycles. The summed E-state index contributed by atoms with van der Waals surface area (Å²) < 4.78 is 39.4. The third kappa shape index (κ3) is 10.9. The molecule has 0 spiro atoms. The van der Waals surface area contributed by atoms with E-state index >= 15 is 0 Å². The van der Waals surface area contributed by atoms with Crippen LogP contribution in [-0.4, -0.2) is 80.9 Å². The first-order valence-corrected chi connectivity index (χ1v) is 16.3. The molecule has 3 aromatic rings. The normalized spacial score (nSPS) is 19.3. The minimum Gasteiger partial charge on any atom is -0.496 e. The third-order valence-corrected chi connectivity index (χ3v) is 7.74. The Kier molecular flexibility index (Phi) is 13.7. The van der Waals surface area contributed by atoms with Crippen molar-refractivity contribution in [1.82, 2.24) is 0 Å². The molecule has 15 nitrogen and oxygen atoms in total. The van der Waals surface area contributed by atoms with E-state index in [9.17, 15) is 28.8 Å². The van der Waals surface area contributed by atoms with E-state index in [0.29, 0.717) is 5.69 Å². The van der Waals surface area contributed by atoms with Gasteiger partial charge in [-0.05, 0) is 42.0 Å². The van der Waals surface area contributed by atoms with Crippen LogP contribution in [0.4, 0.5) is 11.4 Å². The Bertz CT molecular complexity index is 1840. The van der Waals surface area contributed by atoms with E-state index in [4.69, 9.17) is 33.2 Å². The molecule has 0 unspecified atom stereocenters. The number of carbonyl (C=O) groups excluding carboxylic acids is 6. The molecule has 0 bridgehead atoms. The average molecular weight is 733 g/mol. The van der Waals surface area contributed by atoms with Crippen molar-refractivity contribution in [3.63, 3.8) is 0 Å². The summed E-state index contributed by atoms with van der Waals surface area (Å²) in [6, 6.07) is 18.5. The van der Waals surface area contributed by atoms with Crippen LogP contribution in [-0.2, 0) is 47.7 Å². The first kappa shape index (κ1) is 39.6. The van der Waals surface area contributed by atoms with Crippen molar-refractivity contribution >= 4 is 53.1 Å². The van der Waals surface area contributed by atoms with Gasteiger partial charge in [-0.1, -0.05) is 30.3 Å². The summed E-state index contributed by atoms with van der Waals surface area (Å²) in [6.07, 6.45) is -3.56. The first-order chi connectivity index (χ1) is 25.3. The van der Waals surface area contributed by atoms with Crippen LogP contribution in [0.2, 0.25) is 0 Å². The number of hydrogen-bond acceptors (Lipinski definition) is 13. The zero-order valence-corrected chi connectivity index (χ0v) is 29.9. The highest BCUT2D eigenvalue weighted by Crippen LogP contribution is 2.44. The predicted molar refractivity (Wildman–Crippen MR) is 189 cm³/mol. The highest BCUT2D eigenvalue weighted by molar-refractivity contribution is 6.06. The zero-order chi connectivity index (χ0) is 38.7. The van der Waals surface area contributed by atoms with Crippen LogP contribution in [0.3, 0.4) is 0 Å². The molecule has 280 valence electrons. The van der Waals surface area contributed by atoms with E-state index in [1.807, 2.05) is 30.3 Å². The lowest BCUT2D eigenvalue weighted by molar-refractivity contribution is -0.254. The minimum atomic E-state index is -1.41. The largest absolute Gasteiger partial charge is 0.496 e. The molecule has 4 rings (SSSR count). The fraction of sp³-hybridized carbons (Fsp3) is 0.316. The molecule has 0 aromatic heterocycles. The number of hydrogen-bond donors (Lipinski definition) is 2. The van der Waals surface area contributed by atoms with E-state index in [-0.39, 0.29) is 34.2 Å². The molecule has 1 saturated heterocycles. The second kappa shape index (κ2) is 18.3. The lowest BCUT2D eigenvalue weighted by Crippen LogP contribution is -2.59. The monoisotopic (exact) mass is 732 g/mol. The summed E-state index contributed by atoms with van der Waals surface area (Å²) in [5, 5.41) is 5.52. The van der Waals surface area contributed by atoms with Gasteiger partial charge in [0, 0.05) is 56.7 Å². The molecule has 15 heteroatoms. The van der Waals surface area contributed by atoms with Crippen LogP contribution in [0.5, 0.6) is 11.5 Å². The minimum absolute atomic E-state index is 0.128. The van der Waals surface area contributed by atoms with Gasteiger partial charge >= 0.3 is 23.9 Å². The van der Waals surface area contributed by atoms with Crippen molar-refractivity contribution in [3.05, 3.63) is 89.5 Å². The Labute approximate surface area is 305 Å². The molecule has 0 aliphatic carbocycles. The van der Waals surface area contributed by atoms with Crippen molar-refractivity contribution in [3.8, 4) is 11.5 Å². The topological polar surface area (TPSA) is 191 Å². The lowest BCUT2D eigenvalue weighted by atomic mass is 9.89. The summed E-state index contributed by atoms with van der Waals surface area (Å²) in [6.45, 7) is 4.13. The number of nitrogens with one attached hydrogen (secondary N) is 2. The predicted octanol–water partition coefficient (Wildman–Crippen LogP) is 4.41. The molecule has 2 N–H and O–H groups in total. The van der Waals surface area contributed by atoms with E-state index in [2.05, 4.69) is 10.6 Å². The third-order valence-electron chi connectivity index (χ3n) is 7.74. The molecule has 53 heavy (non-hydrogen) atoms. The Morgan fingerprint density at radius 1 is 0.698 bits per heavy atom. The Morgan fingerprint density at radius 3 is 1.89 bits per heavy atom. The highest BCUT2D eigenvalue weighted by Gasteiger charge is 2.53.